The Morgan fingerprint density at radius 3 is 2.06 bits per heavy atom. The van der Waals surface area contributed by atoms with E-state index in [-0.39, 0.29) is 6.54 Å². The van der Waals surface area contributed by atoms with Crippen molar-refractivity contribution in [2.45, 2.75) is 39.8 Å². The molecule has 3 N–H and O–H groups in total. The van der Waals surface area contributed by atoms with E-state index in [1.807, 2.05) is 0 Å². The molecule has 0 rings (SSSR count). The number of urea groups is 1. The zero-order chi connectivity index (χ0) is 13.4. The lowest BCUT2D eigenvalue weighted by Crippen LogP contribution is -2.45. The molecule has 0 heterocycles. The molecular formula is C11H23N3O3. The van der Waals surface area contributed by atoms with Crippen LogP contribution in [0.15, 0.2) is 0 Å². The monoisotopic (exact) mass is 245 g/mol. The maximum Gasteiger partial charge on any atom is 0.323 e. The van der Waals surface area contributed by atoms with Crippen LogP contribution < -0.4 is 10.6 Å². The van der Waals surface area contributed by atoms with E-state index in [4.69, 9.17) is 5.11 Å². The zero-order valence-corrected chi connectivity index (χ0v) is 11.0. The van der Waals surface area contributed by atoms with Crippen LogP contribution in [-0.2, 0) is 4.79 Å². The second kappa shape index (κ2) is 7.89. The lowest BCUT2D eigenvalue weighted by molar-refractivity contribution is -0.135. The first kappa shape index (κ1) is 15.7. The summed E-state index contributed by atoms with van der Waals surface area (Å²) in [6.07, 6.45) is 0. The van der Waals surface area contributed by atoms with Gasteiger partial charge in [0.15, 0.2) is 0 Å². The van der Waals surface area contributed by atoms with E-state index < -0.39 is 12.0 Å². The molecule has 0 aliphatic carbocycles. The fourth-order valence-electron chi connectivity index (χ4n) is 1.63. The first-order chi connectivity index (χ1) is 7.84. The second-order valence-corrected chi connectivity index (χ2v) is 4.43. The molecule has 0 aliphatic rings. The number of hydrogen-bond donors (Lipinski definition) is 3. The molecule has 0 bridgehead atoms. The van der Waals surface area contributed by atoms with Crippen molar-refractivity contribution in [3.8, 4) is 0 Å². The summed E-state index contributed by atoms with van der Waals surface area (Å²) >= 11 is 0. The standard InChI is InChI=1S/C11H23N3O3/c1-8(2)14(9(3)4)6-5-12-11(17)13-7-10(15)16/h8-9H,5-7H2,1-4H3,(H,15,16)(H2,12,13,17). The smallest absolute Gasteiger partial charge is 0.323 e. The molecule has 6 nitrogen and oxygen atoms in total. The van der Waals surface area contributed by atoms with Gasteiger partial charge in [-0.1, -0.05) is 0 Å². The van der Waals surface area contributed by atoms with Gasteiger partial charge in [0.1, 0.15) is 6.54 Å². The van der Waals surface area contributed by atoms with Crippen molar-refractivity contribution < 1.29 is 14.7 Å². The molecule has 100 valence electrons. The quantitative estimate of drug-likeness (QED) is 0.609. The van der Waals surface area contributed by atoms with Crippen LogP contribution >= 0.6 is 0 Å². The Kier molecular flexibility index (Phi) is 7.29. The summed E-state index contributed by atoms with van der Waals surface area (Å²) in [6.45, 7) is 9.30. The predicted octanol–water partition coefficient (Wildman–Crippen LogP) is 0.489. The van der Waals surface area contributed by atoms with Gasteiger partial charge in [0.25, 0.3) is 0 Å². The van der Waals surface area contributed by atoms with Crippen LogP contribution in [0.2, 0.25) is 0 Å². The SMILES string of the molecule is CC(C)N(CCNC(=O)NCC(=O)O)C(C)C. The average molecular weight is 245 g/mol. The maximum absolute atomic E-state index is 11.2. The molecule has 0 aliphatic heterocycles. The third-order valence-electron chi connectivity index (χ3n) is 2.38. The first-order valence-corrected chi connectivity index (χ1v) is 5.83. The summed E-state index contributed by atoms with van der Waals surface area (Å²) in [5.74, 6) is -1.05. The van der Waals surface area contributed by atoms with E-state index in [9.17, 15) is 9.59 Å². The Bertz CT molecular complexity index is 246. The molecule has 0 atom stereocenters. The van der Waals surface area contributed by atoms with E-state index in [0.717, 1.165) is 6.54 Å². The molecule has 0 aromatic heterocycles. The number of carbonyl (C=O) groups excluding carboxylic acids is 1. The molecule has 0 aromatic rings. The summed E-state index contributed by atoms with van der Waals surface area (Å²) in [7, 11) is 0. The van der Waals surface area contributed by atoms with Crippen LogP contribution in [0.1, 0.15) is 27.7 Å². The Hall–Kier alpha value is -1.30. The van der Waals surface area contributed by atoms with E-state index >= 15 is 0 Å². The van der Waals surface area contributed by atoms with E-state index in [0.29, 0.717) is 18.6 Å². The second-order valence-electron chi connectivity index (χ2n) is 4.43. The summed E-state index contributed by atoms with van der Waals surface area (Å²) < 4.78 is 0. The van der Waals surface area contributed by atoms with Crippen LogP contribution in [-0.4, -0.2) is 53.7 Å². The number of hydrogen-bond acceptors (Lipinski definition) is 3. The minimum absolute atomic E-state index is 0.357. The van der Waals surface area contributed by atoms with Crippen molar-refractivity contribution in [1.82, 2.24) is 15.5 Å². The van der Waals surface area contributed by atoms with Crippen molar-refractivity contribution in [2.24, 2.45) is 0 Å². The highest BCUT2D eigenvalue weighted by Gasteiger charge is 2.12. The molecule has 2 amide bonds. The number of nitrogens with one attached hydrogen (secondary N) is 2. The highest BCUT2D eigenvalue weighted by atomic mass is 16.4. The van der Waals surface area contributed by atoms with Gasteiger partial charge in [0.05, 0.1) is 0 Å². The molecule has 0 fully saturated rings. The van der Waals surface area contributed by atoms with Gasteiger partial charge in [0.2, 0.25) is 0 Å². The molecule has 17 heavy (non-hydrogen) atoms. The van der Waals surface area contributed by atoms with Crippen LogP contribution in [0.25, 0.3) is 0 Å². The average Bonchev–Trinajstić information content (AvgIpc) is 2.20. The van der Waals surface area contributed by atoms with Gasteiger partial charge in [-0.25, -0.2) is 4.79 Å². The van der Waals surface area contributed by atoms with Crippen LogP contribution in [0, 0.1) is 0 Å². The molecule has 6 heteroatoms. The Morgan fingerprint density at radius 2 is 1.65 bits per heavy atom. The van der Waals surface area contributed by atoms with E-state index in [1.54, 1.807) is 0 Å². The first-order valence-electron chi connectivity index (χ1n) is 5.83. The van der Waals surface area contributed by atoms with Gasteiger partial charge in [-0.2, -0.15) is 0 Å². The Balaban J connectivity index is 3.81. The number of rotatable bonds is 7. The zero-order valence-electron chi connectivity index (χ0n) is 11.0. The highest BCUT2D eigenvalue weighted by molar-refractivity contribution is 5.79. The largest absolute Gasteiger partial charge is 0.480 e. The molecule has 0 spiro atoms. The molecule has 0 aromatic carbocycles. The fourth-order valence-corrected chi connectivity index (χ4v) is 1.63. The number of nitrogens with zero attached hydrogens (tertiary/aromatic N) is 1. The number of carbonyl (C=O) groups is 2. The molecule has 0 radical (unpaired) electrons. The van der Waals surface area contributed by atoms with Crippen LogP contribution in [0.3, 0.4) is 0 Å². The highest BCUT2D eigenvalue weighted by Crippen LogP contribution is 2.02. The third kappa shape index (κ3) is 7.57. The number of amides is 2. The number of carboxylic acid groups (broad SMARTS) is 1. The topological polar surface area (TPSA) is 81.7 Å². The van der Waals surface area contributed by atoms with Crippen LogP contribution in [0.4, 0.5) is 4.79 Å². The van der Waals surface area contributed by atoms with Crippen LogP contribution in [0.5, 0.6) is 0 Å². The van der Waals surface area contributed by atoms with E-state index in [1.165, 1.54) is 0 Å². The maximum atomic E-state index is 11.2. The van der Waals surface area contributed by atoms with Crippen molar-refractivity contribution >= 4 is 12.0 Å². The lowest BCUT2D eigenvalue weighted by Gasteiger charge is -2.30. The van der Waals surface area contributed by atoms with Gasteiger partial charge in [-0.05, 0) is 27.7 Å². The van der Waals surface area contributed by atoms with Gasteiger partial charge >= 0.3 is 12.0 Å². The van der Waals surface area contributed by atoms with Gasteiger partial charge in [-0.3, -0.25) is 9.69 Å². The minimum Gasteiger partial charge on any atom is -0.480 e. The number of carboxylic acids is 1. The summed E-state index contributed by atoms with van der Waals surface area (Å²) in [6, 6.07) is 0.387. The lowest BCUT2D eigenvalue weighted by atomic mass is 10.2. The van der Waals surface area contributed by atoms with E-state index in [2.05, 4.69) is 43.2 Å². The molecular weight excluding hydrogens is 222 g/mol. The third-order valence-corrected chi connectivity index (χ3v) is 2.38. The van der Waals surface area contributed by atoms with Gasteiger partial charge in [0, 0.05) is 25.2 Å². The number of aliphatic carboxylic acids is 1. The Labute approximate surface area is 102 Å². The van der Waals surface area contributed by atoms with Crippen molar-refractivity contribution in [3.05, 3.63) is 0 Å². The predicted molar refractivity (Wildman–Crippen MR) is 66.0 cm³/mol. The van der Waals surface area contributed by atoms with Crippen molar-refractivity contribution in [3.63, 3.8) is 0 Å². The van der Waals surface area contributed by atoms with Gasteiger partial charge in [-0.15, -0.1) is 0 Å². The normalized spacial score (nSPS) is 11.0. The minimum atomic E-state index is -1.05. The summed E-state index contributed by atoms with van der Waals surface area (Å²) in [4.78, 5) is 23.6. The van der Waals surface area contributed by atoms with Crippen molar-refractivity contribution in [2.75, 3.05) is 19.6 Å². The molecule has 0 saturated heterocycles. The van der Waals surface area contributed by atoms with Gasteiger partial charge < -0.3 is 15.7 Å². The van der Waals surface area contributed by atoms with Crippen molar-refractivity contribution in [1.29, 1.82) is 0 Å². The Morgan fingerprint density at radius 1 is 1.12 bits per heavy atom. The fraction of sp³-hybridized carbons (Fsp3) is 0.818. The molecule has 0 unspecified atom stereocenters. The summed E-state index contributed by atoms with van der Waals surface area (Å²) in [5, 5.41) is 13.2. The summed E-state index contributed by atoms with van der Waals surface area (Å²) in [5.41, 5.74) is 0. The molecule has 0 saturated carbocycles.